The first kappa shape index (κ1) is 15.5. The first-order valence-corrected chi connectivity index (χ1v) is 7.41. The molecular weight excluding hydrogens is 274 g/mol. The number of carboxylic acid groups (broad SMARTS) is 2. The maximum absolute atomic E-state index is 11.2. The quantitative estimate of drug-likeness (QED) is 0.833. The molecule has 2 N–H and O–H groups in total. The fraction of sp³-hybridized carbons (Fsp3) is 0.714. The van der Waals surface area contributed by atoms with Crippen LogP contribution in [-0.2, 0) is 11.2 Å². The van der Waals surface area contributed by atoms with Crippen molar-refractivity contribution in [2.24, 2.45) is 5.92 Å². The van der Waals surface area contributed by atoms with Crippen molar-refractivity contribution in [3.8, 4) is 0 Å². The van der Waals surface area contributed by atoms with Crippen molar-refractivity contribution in [3.05, 3.63) is 11.4 Å². The van der Waals surface area contributed by atoms with Gasteiger partial charge in [0.15, 0.2) is 5.69 Å². The second-order valence-corrected chi connectivity index (χ2v) is 5.69. The summed E-state index contributed by atoms with van der Waals surface area (Å²) >= 11 is 0. The number of aromatic carboxylic acids is 1. The number of rotatable bonds is 6. The van der Waals surface area contributed by atoms with Gasteiger partial charge in [-0.25, -0.2) is 14.3 Å². The molecule has 7 heteroatoms. The minimum absolute atomic E-state index is 0.126. The van der Waals surface area contributed by atoms with Gasteiger partial charge in [-0.05, 0) is 25.7 Å². The molecule has 1 fully saturated rings. The summed E-state index contributed by atoms with van der Waals surface area (Å²) in [6.45, 7) is 1.48. The Balaban J connectivity index is 2.16. The van der Waals surface area contributed by atoms with Crippen molar-refractivity contribution in [2.75, 3.05) is 0 Å². The van der Waals surface area contributed by atoms with Gasteiger partial charge in [0.25, 0.3) is 0 Å². The highest BCUT2D eigenvalue weighted by atomic mass is 16.4. The zero-order valence-corrected chi connectivity index (χ0v) is 12.2. The highest BCUT2D eigenvalue weighted by molar-refractivity contribution is 5.86. The second kappa shape index (κ2) is 6.69. The van der Waals surface area contributed by atoms with E-state index in [9.17, 15) is 14.7 Å². The number of carboxylic acids is 2. The summed E-state index contributed by atoms with van der Waals surface area (Å²) in [4.78, 5) is 22.3. The van der Waals surface area contributed by atoms with Gasteiger partial charge in [0.1, 0.15) is 6.04 Å². The number of hydrogen-bond acceptors (Lipinski definition) is 4. The summed E-state index contributed by atoms with van der Waals surface area (Å²) < 4.78 is 1.23. The summed E-state index contributed by atoms with van der Waals surface area (Å²) in [5, 5.41) is 25.6. The monoisotopic (exact) mass is 295 g/mol. The molecule has 1 heterocycles. The SMILES string of the molecule is CC(C(=O)O)n1nnc(C(=O)O)c1CCC1CCCCC1. The molecule has 1 aromatic rings. The summed E-state index contributed by atoms with van der Waals surface area (Å²) in [7, 11) is 0. The molecule has 1 aliphatic rings. The van der Waals surface area contributed by atoms with E-state index in [1.165, 1.54) is 43.7 Å². The van der Waals surface area contributed by atoms with Gasteiger partial charge in [0.2, 0.25) is 0 Å². The van der Waals surface area contributed by atoms with Gasteiger partial charge in [-0.1, -0.05) is 37.3 Å². The third-order valence-electron chi connectivity index (χ3n) is 4.23. The summed E-state index contributed by atoms with van der Waals surface area (Å²) in [6, 6.07) is -0.910. The van der Waals surface area contributed by atoms with Crippen LogP contribution >= 0.6 is 0 Å². The van der Waals surface area contributed by atoms with Crippen LogP contribution in [-0.4, -0.2) is 37.1 Å². The normalized spacial score (nSPS) is 17.6. The van der Waals surface area contributed by atoms with E-state index in [4.69, 9.17) is 5.11 Å². The van der Waals surface area contributed by atoms with Crippen molar-refractivity contribution in [1.82, 2.24) is 15.0 Å². The third kappa shape index (κ3) is 3.59. The highest BCUT2D eigenvalue weighted by Gasteiger charge is 2.25. The lowest BCUT2D eigenvalue weighted by atomic mass is 9.85. The average molecular weight is 295 g/mol. The Kier molecular flexibility index (Phi) is 4.93. The molecule has 0 saturated heterocycles. The van der Waals surface area contributed by atoms with Crippen molar-refractivity contribution in [3.63, 3.8) is 0 Å². The van der Waals surface area contributed by atoms with Crippen LogP contribution in [0, 0.1) is 5.92 Å². The van der Waals surface area contributed by atoms with Gasteiger partial charge in [-0.2, -0.15) is 0 Å². The van der Waals surface area contributed by atoms with E-state index >= 15 is 0 Å². The van der Waals surface area contributed by atoms with E-state index in [1.807, 2.05) is 0 Å². The van der Waals surface area contributed by atoms with Crippen LogP contribution in [0.5, 0.6) is 0 Å². The van der Waals surface area contributed by atoms with E-state index in [1.54, 1.807) is 0 Å². The van der Waals surface area contributed by atoms with Crippen LogP contribution in [0.25, 0.3) is 0 Å². The summed E-state index contributed by atoms with van der Waals surface area (Å²) in [5.41, 5.74) is 0.293. The molecule has 1 unspecified atom stereocenters. The van der Waals surface area contributed by atoms with Gasteiger partial charge in [-0.3, -0.25) is 0 Å². The molecule has 0 aromatic carbocycles. The van der Waals surface area contributed by atoms with Crippen molar-refractivity contribution < 1.29 is 19.8 Å². The van der Waals surface area contributed by atoms with E-state index in [-0.39, 0.29) is 5.69 Å². The molecule has 116 valence electrons. The lowest BCUT2D eigenvalue weighted by Gasteiger charge is -2.21. The molecule has 21 heavy (non-hydrogen) atoms. The zero-order valence-electron chi connectivity index (χ0n) is 12.2. The zero-order chi connectivity index (χ0) is 15.4. The van der Waals surface area contributed by atoms with Gasteiger partial charge < -0.3 is 10.2 Å². The Labute approximate surface area is 123 Å². The number of carbonyl (C=O) groups is 2. The van der Waals surface area contributed by atoms with E-state index in [0.29, 0.717) is 18.0 Å². The third-order valence-corrected chi connectivity index (χ3v) is 4.23. The van der Waals surface area contributed by atoms with Crippen molar-refractivity contribution >= 4 is 11.9 Å². The molecule has 1 aromatic heterocycles. The predicted molar refractivity (Wildman–Crippen MR) is 74.2 cm³/mol. The molecule has 0 amide bonds. The maximum atomic E-state index is 11.2. The molecule has 0 radical (unpaired) electrons. The molecule has 1 atom stereocenters. The number of hydrogen-bond donors (Lipinski definition) is 2. The van der Waals surface area contributed by atoms with Gasteiger partial charge in [0, 0.05) is 0 Å². The van der Waals surface area contributed by atoms with Gasteiger partial charge in [-0.15, -0.1) is 5.10 Å². The molecule has 2 rings (SSSR count). The Morgan fingerprint density at radius 3 is 2.52 bits per heavy atom. The molecule has 0 spiro atoms. The Hall–Kier alpha value is -1.92. The van der Waals surface area contributed by atoms with E-state index in [2.05, 4.69) is 10.3 Å². The average Bonchev–Trinajstić information content (AvgIpc) is 2.89. The first-order valence-electron chi connectivity index (χ1n) is 7.41. The minimum Gasteiger partial charge on any atom is -0.480 e. The standard InChI is InChI=1S/C14H21N3O4/c1-9(13(18)19)17-11(12(14(20)21)15-16-17)8-7-10-5-3-2-4-6-10/h9-10H,2-8H2,1H3,(H,18,19)(H,20,21). The molecular formula is C14H21N3O4. The lowest BCUT2D eigenvalue weighted by Crippen LogP contribution is -2.20. The predicted octanol–water partition coefficient (Wildman–Crippen LogP) is 2.13. The van der Waals surface area contributed by atoms with Gasteiger partial charge in [0.05, 0.1) is 5.69 Å². The molecule has 7 nitrogen and oxygen atoms in total. The molecule has 1 aliphatic carbocycles. The fourth-order valence-electron chi connectivity index (χ4n) is 2.94. The Morgan fingerprint density at radius 1 is 1.29 bits per heavy atom. The smallest absolute Gasteiger partial charge is 0.358 e. The van der Waals surface area contributed by atoms with Crippen LogP contribution in [0.2, 0.25) is 0 Å². The Morgan fingerprint density at radius 2 is 1.95 bits per heavy atom. The fourth-order valence-corrected chi connectivity index (χ4v) is 2.94. The maximum Gasteiger partial charge on any atom is 0.358 e. The van der Waals surface area contributed by atoms with E-state index < -0.39 is 18.0 Å². The summed E-state index contributed by atoms with van der Waals surface area (Å²) in [5.74, 6) is -1.61. The van der Waals surface area contributed by atoms with Crippen molar-refractivity contribution in [1.29, 1.82) is 0 Å². The van der Waals surface area contributed by atoms with Crippen LogP contribution < -0.4 is 0 Å². The highest BCUT2D eigenvalue weighted by Crippen LogP contribution is 2.28. The molecule has 1 saturated carbocycles. The minimum atomic E-state index is -1.16. The molecule has 0 bridgehead atoms. The topological polar surface area (TPSA) is 105 Å². The lowest BCUT2D eigenvalue weighted by molar-refractivity contribution is -0.140. The number of nitrogens with zero attached hydrogens (tertiary/aromatic N) is 3. The number of aromatic nitrogens is 3. The largest absolute Gasteiger partial charge is 0.480 e. The van der Waals surface area contributed by atoms with Crippen molar-refractivity contribution in [2.45, 2.75) is 57.9 Å². The van der Waals surface area contributed by atoms with Crippen LogP contribution in [0.4, 0.5) is 0 Å². The second-order valence-electron chi connectivity index (χ2n) is 5.69. The molecule has 0 aliphatic heterocycles. The van der Waals surface area contributed by atoms with E-state index in [0.717, 1.165) is 6.42 Å². The first-order chi connectivity index (χ1) is 10.0. The Bertz CT molecular complexity index is 520. The van der Waals surface area contributed by atoms with Crippen LogP contribution in [0.3, 0.4) is 0 Å². The number of aliphatic carboxylic acids is 1. The van der Waals surface area contributed by atoms with Crippen LogP contribution in [0.15, 0.2) is 0 Å². The summed E-state index contributed by atoms with van der Waals surface area (Å²) in [6.07, 6.45) is 7.42. The van der Waals surface area contributed by atoms with Gasteiger partial charge >= 0.3 is 11.9 Å². The van der Waals surface area contributed by atoms with Crippen LogP contribution in [0.1, 0.15) is 67.7 Å².